The van der Waals surface area contributed by atoms with Gasteiger partial charge in [0.25, 0.3) is 0 Å². The molecule has 0 atom stereocenters. The molecule has 11 heteroatoms. The second-order valence-electron chi connectivity index (χ2n) is 3.06. The Morgan fingerprint density at radius 3 is 1.10 bits per heavy atom. The smallest absolute Gasteiger partial charge is 2.00 e. The summed E-state index contributed by atoms with van der Waals surface area (Å²) < 4.78 is 0. The van der Waals surface area contributed by atoms with Crippen LogP contribution in [-0.4, -0.2) is 75.1 Å². The Balaban J connectivity index is -0.0000000217. The summed E-state index contributed by atoms with van der Waals surface area (Å²) in [6.45, 7) is 7.92. The molecule has 0 aliphatic carbocycles. The van der Waals surface area contributed by atoms with Crippen molar-refractivity contribution in [2.75, 3.05) is 45.8 Å². The van der Waals surface area contributed by atoms with Crippen LogP contribution >= 0.6 is 0 Å². The van der Waals surface area contributed by atoms with E-state index in [2.05, 4.69) is 17.6 Å². The van der Waals surface area contributed by atoms with Gasteiger partial charge in [-0.05, 0) is 6.42 Å². The van der Waals surface area contributed by atoms with Crippen molar-refractivity contribution in [3.8, 4) is 0 Å². The van der Waals surface area contributed by atoms with Gasteiger partial charge in [0.15, 0.2) is 0 Å². The maximum atomic E-state index is 5.37. The molecule has 0 spiro atoms. The van der Waals surface area contributed by atoms with Crippen LogP contribution in [0.25, 0.3) is 0 Å². The molecule has 0 aliphatic heterocycles. The Morgan fingerprint density at radius 2 is 1.00 bits per heavy atom. The topological polar surface area (TPSA) is 109 Å². The molecule has 0 saturated carbocycles. The van der Waals surface area contributed by atoms with Crippen LogP contribution in [-0.2, 0) is 70.5 Å². The first kappa shape index (κ1) is 49.5. The van der Waals surface area contributed by atoms with E-state index in [0.717, 1.165) is 26.2 Å². The van der Waals surface area contributed by atoms with E-state index < -0.39 is 0 Å². The molecule has 20 heavy (non-hydrogen) atoms. The molecule has 9 N–H and O–H groups in total. The Hall–Kier alpha value is 2.51. The molecular formula is C9H28N5NiS4Sb-4. The van der Waals surface area contributed by atoms with Gasteiger partial charge in [-0.3, -0.25) is 4.90 Å². The minimum atomic E-state index is 0. The van der Waals surface area contributed by atoms with E-state index in [-0.39, 0.29) is 94.9 Å². The van der Waals surface area contributed by atoms with Crippen molar-refractivity contribution < 1.29 is 22.2 Å². The molecule has 0 aromatic rings. The summed E-state index contributed by atoms with van der Waals surface area (Å²) in [6.07, 6.45) is 1.21. The maximum Gasteiger partial charge on any atom is 3.00 e. The Morgan fingerprint density at radius 1 is 0.800 bits per heavy atom. The fourth-order valence-corrected chi connectivity index (χ4v) is 0.883. The Bertz CT molecular complexity index is 98.1. The van der Waals surface area contributed by atoms with Crippen LogP contribution in [0.3, 0.4) is 0 Å². The Labute approximate surface area is 180 Å². The molecule has 0 unspecified atom stereocenters. The predicted molar refractivity (Wildman–Crippen MR) is 96.9 cm³/mol. The van der Waals surface area contributed by atoms with Crippen LogP contribution in [0, 0.1) is 0 Å². The van der Waals surface area contributed by atoms with Crippen LogP contribution in [0.15, 0.2) is 0 Å². The minimum absolute atomic E-state index is 0. The number of nitrogens with zero attached hydrogens (tertiary/aromatic N) is 1. The number of nitrogens with two attached hydrogens (primary N) is 3. The third-order valence-corrected chi connectivity index (χ3v) is 1.69. The molecule has 0 amide bonds. The van der Waals surface area contributed by atoms with Gasteiger partial charge < -0.3 is 76.9 Å². The predicted octanol–water partition coefficient (Wildman–Crippen LogP) is -2.59. The van der Waals surface area contributed by atoms with E-state index in [1.54, 1.807) is 0 Å². The van der Waals surface area contributed by atoms with Crippen molar-refractivity contribution in [3.63, 3.8) is 0 Å². The van der Waals surface area contributed by atoms with Crippen LogP contribution in [0.1, 0.15) is 13.3 Å². The zero-order chi connectivity index (χ0) is 11.2. The first-order chi connectivity index (χ1) is 6.76. The molecule has 0 fully saturated rings. The number of hydrogen-bond donors (Lipinski definition) is 4. The zero-order valence-corrected chi connectivity index (χ0v) is 18.7. The largest absolute Gasteiger partial charge is 3.00 e. The SMILES string of the molecule is CCC[NH3+].NCCN(CCN)CCN.[Ni+3].[S-2].[S-2].[S-2].[S-2].[Sb]. The molecule has 0 aromatic carbocycles. The quantitative estimate of drug-likeness (QED) is 0.280. The second-order valence-corrected chi connectivity index (χ2v) is 3.06. The standard InChI is InChI=1S/C6H18N4.C3H9N.Ni.4S.Sb/c7-1-4-10(5-2-8)6-3-9;1-2-3-4;;;;;;/h1-9H2;2-4H2,1H3;;;;;;/q;;+3;4*-2;/p+1. The molecule has 0 rings (SSSR count). The van der Waals surface area contributed by atoms with Crippen molar-refractivity contribution in [2.45, 2.75) is 13.3 Å². The van der Waals surface area contributed by atoms with Gasteiger partial charge in [0, 0.05) is 63.7 Å². The average molecular weight is 515 g/mol. The molecule has 132 valence electrons. The fourth-order valence-electron chi connectivity index (χ4n) is 0.883. The van der Waals surface area contributed by atoms with Gasteiger partial charge in [-0.15, -0.1) is 0 Å². The van der Waals surface area contributed by atoms with E-state index in [4.69, 9.17) is 17.2 Å². The Kier molecular flexibility index (Phi) is 123. The number of quaternary nitrogens is 1. The van der Waals surface area contributed by atoms with Crippen LogP contribution in [0.5, 0.6) is 0 Å². The van der Waals surface area contributed by atoms with Crippen LogP contribution in [0.2, 0.25) is 0 Å². The van der Waals surface area contributed by atoms with Crippen molar-refractivity contribution in [2.24, 2.45) is 17.2 Å². The van der Waals surface area contributed by atoms with Gasteiger partial charge in [-0.1, -0.05) is 6.92 Å². The van der Waals surface area contributed by atoms with E-state index in [9.17, 15) is 0 Å². The first-order valence-corrected chi connectivity index (χ1v) is 5.38. The van der Waals surface area contributed by atoms with Gasteiger partial charge in [0.1, 0.15) is 0 Å². The summed E-state index contributed by atoms with van der Waals surface area (Å²) in [4.78, 5) is 2.17. The average Bonchev–Trinajstić information content (AvgIpc) is 2.20. The van der Waals surface area contributed by atoms with E-state index in [1.807, 2.05) is 0 Å². The van der Waals surface area contributed by atoms with Crippen LogP contribution in [0.4, 0.5) is 0 Å². The van der Waals surface area contributed by atoms with Gasteiger partial charge >= 0.3 is 16.5 Å². The van der Waals surface area contributed by atoms with Gasteiger partial charge in [0.2, 0.25) is 0 Å². The molecule has 0 aliphatic rings. The molecule has 4 radical (unpaired) electrons. The third-order valence-electron chi connectivity index (χ3n) is 1.69. The second kappa shape index (κ2) is 49.6. The summed E-state index contributed by atoms with van der Waals surface area (Å²) in [5.74, 6) is 0. The van der Waals surface area contributed by atoms with Gasteiger partial charge in [-0.25, -0.2) is 0 Å². The third kappa shape index (κ3) is 49.9. The summed E-state index contributed by atoms with van der Waals surface area (Å²) in [5.41, 5.74) is 19.7. The minimum Gasteiger partial charge on any atom is -2.00 e. The molecule has 0 saturated heterocycles. The normalized spacial score (nSPS) is 6.90. The summed E-state index contributed by atoms with van der Waals surface area (Å²) in [5, 5.41) is 0. The summed E-state index contributed by atoms with van der Waals surface area (Å²) in [6, 6.07) is 0. The summed E-state index contributed by atoms with van der Waals surface area (Å²) in [7, 11) is 0. The molecule has 0 heterocycles. The number of rotatable bonds is 7. The molecule has 5 nitrogen and oxygen atoms in total. The number of hydrogen-bond acceptors (Lipinski definition) is 4. The summed E-state index contributed by atoms with van der Waals surface area (Å²) >= 11 is 0. The van der Waals surface area contributed by atoms with Crippen molar-refractivity contribution in [1.29, 1.82) is 0 Å². The monoisotopic (exact) mass is 513 g/mol. The molecule has 0 aromatic heterocycles. The molecule has 0 bridgehead atoms. The zero-order valence-electron chi connectivity index (χ0n) is 11.9. The fraction of sp³-hybridized carbons (Fsp3) is 1.00. The van der Waals surface area contributed by atoms with E-state index >= 15 is 0 Å². The van der Waals surface area contributed by atoms with Crippen LogP contribution < -0.4 is 22.9 Å². The molecular weight excluding hydrogens is 487 g/mol. The van der Waals surface area contributed by atoms with E-state index in [1.165, 1.54) is 6.42 Å². The van der Waals surface area contributed by atoms with Crippen molar-refractivity contribution in [1.82, 2.24) is 4.90 Å². The van der Waals surface area contributed by atoms with Gasteiger partial charge in [0.05, 0.1) is 6.54 Å². The van der Waals surface area contributed by atoms with E-state index in [0.29, 0.717) is 19.6 Å². The van der Waals surface area contributed by atoms with Gasteiger partial charge in [-0.2, -0.15) is 0 Å². The van der Waals surface area contributed by atoms with Crippen molar-refractivity contribution in [3.05, 3.63) is 0 Å². The maximum absolute atomic E-state index is 5.37. The first-order valence-electron chi connectivity index (χ1n) is 5.38. The van der Waals surface area contributed by atoms with Crippen molar-refractivity contribution >= 4 is 78.4 Å².